The van der Waals surface area contributed by atoms with E-state index in [0.29, 0.717) is 22.8 Å². The maximum atomic E-state index is 13.0. The van der Waals surface area contributed by atoms with E-state index in [2.05, 4.69) is 0 Å². The van der Waals surface area contributed by atoms with Gasteiger partial charge in [-0.25, -0.2) is 8.42 Å². The monoisotopic (exact) mass is 440 g/mol. The van der Waals surface area contributed by atoms with Crippen LogP contribution in [0, 0.1) is 0 Å². The third-order valence-corrected chi connectivity index (χ3v) is 6.53. The number of halogens is 1. The summed E-state index contributed by atoms with van der Waals surface area (Å²) >= 11 is 6.03. The Morgan fingerprint density at radius 1 is 1.03 bits per heavy atom. The van der Waals surface area contributed by atoms with Gasteiger partial charge < -0.3 is 4.90 Å². The number of carbonyl (C=O) groups is 1. The molecule has 154 valence electrons. The van der Waals surface area contributed by atoms with Crippen molar-refractivity contribution in [1.29, 1.82) is 0 Å². The fourth-order valence-electron chi connectivity index (χ4n) is 3.65. The van der Waals surface area contributed by atoms with Gasteiger partial charge in [-0.05, 0) is 53.9 Å². The van der Waals surface area contributed by atoms with Gasteiger partial charge in [-0.15, -0.1) is 0 Å². The molecule has 0 aromatic heterocycles. The summed E-state index contributed by atoms with van der Waals surface area (Å²) in [5.74, 6) is -0.0543. The van der Waals surface area contributed by atoms with Crippen molar-refractivity contribution >= 4 is 38.9 Å². The predicted octanol–water partition coefficient (Wildman–Crippen LogP) is 4.51. The molecule has 3 aromatic carbocycles. The van der Waals surface area contributed by atoms with E-state index in [-0.39, 0.29) is 12.5 Å². The molecule has 3 aromatic rings. The molecule has 0 spiro atoms. The normalized spacial score (nSPS) is 13.2. The summed E-state index contributed by atoms with van der Waals surface area (Å²) in [6.07, 6.45) is 2.01. The summed E-state index contributed by atoms with van der Waals surface area (Å²) in [6, 6.07) is 21.7. The highest BCUT2D eigenvalue weighted by Gasteiger charge is 2.25. The third-order valence-electron chi connectivity index (χ3n) is 5.16. The highest BCUT2D eigenvalue weighted by molar-refractivity contribution is 7.92. The molecule has 5 nitrogen and oxygen atoms in total. The second-order valence-electron chi connectivity index (χ2n) is 7.28. The lowest BCUT2D eigenvalue weighted by Gasteiger charge is -2.23. The molecule has 30 heavy (non-hydrogen) atoms. The van der Waals surface area contributed by atoms with Crippen molar-refractivity contribution in [3.63, 3.8) is 0 Å². The van der Waals surface area contributed by atoms with Crippen LogP contribution in [-0.2, 0) is 23.0 Å². The van der Waals surface area contributed by atoms with Crippen LogP contribution in [0.1, 0.15) is 21.5 Å². The number of para-hydroxylation sites is 1. The summed E-state index contributed by atoms with van der Waals surface area (Å²) in [4.78, 5) is 14.8. The van der Waals surface area contributed by atoms with Gasteiger partial charge in [0, 0.05) is 22.8 Å². The number of benzene rings is 3. The van der Waals surface area contributed by atoms with E-state index < -0.39 is 10.0 Å². The number of fused-ring (bicyclic) bond motifs is 1. The molecule has 1 aliphatic heterocycles. The summed E-state index contributed by atoms with van der Waals surface area (Å²) in [5, 5.41) is 0.466. The first-order valence-corrected chi connectivity index (χ1v) is 11.8. The zero-order valence-corrected chi connectivity index (χ0v) is 18.0. The Morgan fingerprint density at radius 2 is 1.77 bits per heavy atom. The van der Waals surface area contributed by atoms with Crippen molar-refractivity contribution in [2.24, 2.45) is 0 Å². The highest BCUT2D eigenvalue weighted by Crippen LogP contribution is 2.29. The van der Waals surface area contributed by atoms with Crippen LogP contribution in [0.3, 0.4) is 0 Å². The summed E-state index contributed by atoms with van der Waals surface area (Å²) < 4.78 is 26.0. The molecule has 1 aliphatic rings. The Balaban J connectivity index is 1.55. The quantitative estimate of drug-likeness (QED) is 0.586. The van der Waals surface area contributed by atoms with Gasteiger partial charge in [-0.1, -0.05) is 48.0 Å². The molecule has 0 radical (unpaired) electrons. The molecule has 0 N–H and O–H groups in total. The fourth-order valence-corrected chi connectivity index (χ4v) is 4.72. The average molecular weight is 441 g/mol. The number of rotatable bonds is 5. The van der Waals surface area contributed by atoms with Gasteiger partial charge in [0.15, 0.2) is 0 Å². The van der Waals surface area contributed by atoms with Crippen molar-refractivity contribution in [3.05, 3.63) is 94.5 Å². The van der Waals surface area contributed by atoms with Gasteiger partial charge in [0.1, 0.15) is 0 Å². The molecule has 0 atom stereocenters. The lowest BCUT2D eigenvalue weighted by atomic mass is 10.1. The van der Waals surface area contributed by atoms with Gasteiger partial charge in [0.2, 0.25) is 10.0 Å². The number of amides is 1. The van der Waals surface area contributed by atoms with Crippen LogP contribution in [0.15, 0.2) is 72.8 Å². The number of hydrogen-bond donors (Lipinski definition) is 0. The third kappa shape index (κ3) is 4.20. The SMILES string of the molecule is CS(=O)(=O)N(Cc1ccc(C(=O)N2CCc3ccccc32)cc1)c1cccc(Cl)c1. The zero-order valence-electron chi connectivity index (χ0n) is 16.5. The summed E-state index contributed by atoms with van der Waals surface area (Å²) in [6.45, 7) is 0.816. The number of carbonyl (C=O) groups excluding carboxylic acids is 1. The van der Waals surface area contributed by atoms with Crippen molar-refractivity contribution in [1.82, 2.24) is 0 Å². The van der Waals surface area contributed by atoms with Crippen molar-refractivity contribution in [3.8, 4) is 0 Å². The van der Waals surface area contributed by atoms with Crippen LogP contribution in [0.4, 0.5) is 11.4 Å². The van der Waals surface area contributed by atoms with Crippen LogP contribution >= 0.6 is 11.6 Å². The minimum Gasteiger partial charge on any atom is -0.308 e. The number of hydrogen-bond acceptors (Lipinski definition) is 3. The Labute approximate surface area is 181 Å². The molecule has 0 fully saturated rings. The second-order valence-corrected chi connectivity index (χ2v) is 9.63. The predicted molar refractivity (Wildman–Crippen MR) is 121 cm³/mol. The molecule has 0 unspecified atom stereocenters. The van der Waals surface area contributed by atoms with Crippen LogP contribution in [-0.4, -0.2) is 27.1 Å². The topological polar surface area (TPSA) is 57.7 Å². The zero-order chi connectivity index (χ0) is 21.3. The first kappa shape index (κ1) is 20.4. The lowest BCUT2D eigenvalue weighted by molar-refractivity contribution is 0.0989. The van der Waals surface area contributed by atoms with E-state index in [4.69, 9.17) is 11.6 Å². The van der Waals surface area contributed by atoms with Crippen LogP contribution in [0.2, 0.25) is 5.02 Å². The maximum Gasteiger partial charge on any atom is 0.258 e. The largest absolute Gasteiger partial charge is 0.308 e. The van der Waals surface area contributed by atoms with Gasteiger partial charge >= 0.3 is 0 Å². The van der Waals surface area contributed by atoms with Gasteiger partial charge in [0.25, 0.3) is 5.91 Å². The molecule has 0 saturated heterocycles. The second kappa shape index (κ2) is 8.13. The van der Waals surface area contributed by atoms with Gasteiger partial charge in [-0.3, -0.25) is 9.10 Å². The first-order valence-electron chi connectivity index (χ1n) is 9.55. The molecule has 0 saturated carbocycles. The molecular weight excluding hydrogens is 420 g/mol. The van der Waals surface area contributed by atoms with Gasteiger partial charge in [0.05, 0.1) is 18.5 Å². The summed E-state index contributed by atoms with van der Waals surface area (Å²) in [5.41, 5.74) is 3.98. The molecule has 4 rings (SSSR count). The van der Waals surface area contributed by atoms with Crippen LogP contribution in [0.5, 0.6) is 0 Å². The van der Waals surface area contributed by atoms with Gasteiger partial charge in [-0.2, -0.15) is 0 Å². The maximum absolute atomic E-state index is 13.0. The van der Waals surface area contributed by atoms with Crippen LogP contribution < -0.4 is 9.21 Å². The van der Waals surface area contributed by atoms with E-state index in [0.717, 1.165) is 23.9 Å². The Kier molecular flexibility index (Phi) is 5.54. The molecule has 7 heteroatoms. The molecule has 1 heterocycles. The van der Waals surface area contributed by atoms with Crippen molar-refractivity contribution in [2.75, 3.05) is 22.0 Å². The highest BCUT2D eigenvalue weighted by atomic mass is 35.5. The Hall–Kier alpha value is -2.83. The van der Waals surface area contributed by atoms with Crippen molar-refractivity contribution in [2.45, 2.75) is 13.0 Å². The number of nitrogens with zero attached hydrogens (tertiary/aromatic N) is 2. The summed E-state index contributed by atoms with van der Waals surface area (Å²) in [7, 11) is -3.51. The molecular formula is C23H21ClN2O3S. The van der Waals surface area contributed by atoms with E-state index in [1.165, 1.54) is 9.87 Å². The smallest absolute Gasteiger partial charge is 0.258 e. The fraction of sp³-hybridized carbons (Fsp3) is 0.174. The number of anilines is 2. The van der Waals surface area contributed by atoms with Crippen molar-refractivity contribution < 1.29 is 13.2 Å². The minimum atomic E-state index is -3.51. The minimum absolute atomic E-state index is 0.0543. The number of sulfonamides is 1. The van der Waals surface area contributed by atoms with E-state index >= 15 is 0 Å². The Bertz CT molecular complexity index is 1190. The Morgan fingerprint density at radius 3 is 2.47 bits per heavy atom. The van der Waals surface area contributed by atoms with E-state index in [9.17, 15) is 13.2 Å². The average Bonchev–Trinajstić information content (AvgIpc) is 3.15. The first-order chi connectivity index (χ1) is 14.3. The molecule has 0 aliphatic carbocycles. The van der Waals surface area contributed by atoms with E-state index in [1.54, 1.807) is 53.4 Å². The van der Waals surface area contributed by atoms with E-state index in [1.807, 2.05) is 24.3 Å². The lowest BCUT2D eigenvalue weighted by Crippen LogP contribution is -2.30. The molecule has 0 bridgehead atoms. The van der Waals surface area contributed by atoms with Crippen LogP contribution in [0.25, 0.3) is 0 Å². The molecule has 1 amide bonds. The standard InChI is InChI=1S/C23H21ClN2O3S/c1-30(28,29)26(21-7-4-6-20(24)15-21)16-17-9-11-19(12-10-17)23(27)25-14-13-18-5-2-3-8-22(18)25/h2-12,15H,13-14,16H2,1H3.